The van der Waals surface area contributed by atoms with Crippen molar-refractivity contribution < 1.29 is 14.7 Å². The van der Waals surface area contributed by atoms with Gasteiger partial charge in [-0.05, 0) is 24.7 Å². The van der Waals surface area contributed by atoms with Gasteiger partial charge in [-0.2, -0.15) is 0 Å². The molecule has 1 rings (SSSR count). The highest BCUT2D eigenvalue weighted by Crippen LogP contribution is 2.51. The predicted octanol–water partition coefficient (Wildman–Crippen LogP) is 1.51. The first-order chi connectivity index (χ1) is 6.35. The minimum atomic E-state index is -0.993. The fourth-order valence-corrected chi connectivity index (χ4v) is 2.26. The first-order valence-electron chi connectivity index (χ1n) is 4.83. The normalized spacial score (nSPS) is 29.1. The zero-order valence-electron chi connectivity index (χ0n) is 8.83. The Morgan fingerprint density at radius 1 is 1.50 bits per heavy atom. The first kappa shape index (κ1) is 11.0. The summed E-state index contributed by atoms with van der Waals surface area (Å²) in [6, 6.07) is 0. The lowest BCUT2D eigenvalue weighted by Gasteiger charge is -2.51. The minimum absolute atomic E-state index is 0.0612. The van der Waals surface area contributed by atoms with Gasteiger partial charge in [-0.25, -0.2) is 4.79 Å². The second-order valence-electron chi connectivity index (χ2n) is 4.60. The topological polar surface area (TPSA) is 66.4 Å². The Hall–Kier alpha value is -1.06. The van der Waals surface area contributed by atoms with E-state index in [-0.39, 0.29) is 23.0 Å². The van der Waals surface area contributed by atoms with Crippen molar-refractivity contribution in [1.29, 1.82) is 0 Å². The molecular weight excluding hydrogens is 182 g/mol. The van der Waals surface area contributed by atoms with Gasteiger partial charge in [-0.15, -0.1) is 0 Å². The second kappa shape index (κ2) is 3.59. The van der Waals surface area contributed by atoms with E-state index >= 15 is 0 Å². The Morgan fingerprint density at radius 3 is 2.43 bits per heavy atom. The summed E-state index contributed by atoms with van der Waals surface area (Å²) in [5.41, 5.74) is -0.0612. The molecule has 0 spiro atoms. The third kappa shape index (κ3) is 1.89. The van der Waals surface area contributed by atoms with Crippen molar-refractivity contribution in [3.05, 3.63) is 0 Å². The van der Waals surface area contributed by atoms with Crippen molar-refractivity contribution in [2.24, 2.45) is 17.3 Å². The fourth-order valence-electron chi connectivity index (χ4n) is 2.26. The molecule has 1 amide bonds. The van der Waals surface area contributed by atoms with E-state index in [2.05, 4.69) is 5.32 Å². The molecule has 0 unspecified atom stereocenters. The Labute approximate surface area is 83.7 Å². The highest BCUT2D eigenvalue weighted by Gasteiger charge is 2.49. The van der Waals surface area contributed by atoms with Crippen LogP contribution in [0.25, 0.3) is 0 Å². The smallest absolute Gasteiger partial charge is 0.404 e. The van der Waals surface area contributed by atoms with Crippen LogP contribution in [0.1, 0.15) is 27.2 Å². The average Bonchev–Trinajstić information content (AvgIpc) is 2.00. The van der Waals surface area contributed by atoms with Crippen LogP contribution in [0.3, 0.4) is 0 Å². The highest BCUT2D eigenvalue weighted by atomic mass is 16.4. The van der Waals surface area contributed by atoms with Gasteiger partial charge in [0.25, 0.3) is 0 Å². The number of carboxylic acid groups (broad SMARTS) is 1. The summed E-state index contributed by atoms with van der Waals surface area (Å²) in [5, 5.41) is 10.8. The van der Waals surface area contributed by atoms with Crippen LogP contribution in [0.15, 0.2) is 0 Å². The molecule has 4 nitrogen and oxygen atoms in total. The molecule has 2 atom stereocenters. The molecule has 80 valence electrons. The van der Waals surface area contributed by atoms with Gasteiger partial charge in [0.1, 0.15) is 5.78 Å². The number of Topliss-reactive ketones (excluding diaryl/α,β-unsaturated/α-hetero) is 1. The van der Waals surface area contributed by atoms with Gasteiger partial charge in [-0.3, -0.25) is 4.79 Å². The fraction of sp³-hybridized carbons (Fsp3) is 0.800. The lowest BCUT2D eigenvalue weighted by molar-refractivity contribution is -0.135. The van der Waals surface area contributed by atoms with Crippen LogP contribution in [0.5, 0.6) is 0 Å². The van der Waals surface area contributed by atoms with E-state index in [1.807, 2.05) is 13.8 Å². The zero-order valence-corrected chi connectivity index (χ0v) is 8.83. The molecule has 0 saturated heterocycles. The minimum Gasteiger partial charge on any atom is -0.465 e. The van der Waals surface area contributed by atoms with Crippen LogP contribution < -0.4 is 5.32 Å². The maximum absolute atomic E-state index is 11.2. The number of ketones is 1. The first-order valence-corrected chi connectivity index (χ1v) is 4.83. The third-order valence-corrected chi connectivity index (χ3v) is 3.46. The number of rotatable bonds is 3. The molecule has 0 aromatic rings. The number of nitrogens with one attached hydrogen (secondary N) is 1. The van der Waals surface area contributed by atoms with Crippen molar-refractivity contribution in [3.63, 3.8) is 0 Å². The largest absolute Gasteiger partial charge is 0.465 e. The second-order valence-corrected chi connectivity index (χ2v) is 4.60. The standard InChI is InChI=1S/C10H17NO3/c1-6(12)8-4-7(10(8,2)3)5-11-9(13)14/h7-8,11H,4-5H2,1-3H3,(H,13,14)/t7-,8+/m0/s1. The molecule has 0 aromatic heterocycles. The number of carbonyl (C=O) groups is 2. The van der Waals surface area contributed by atoms with E-state index < -0.39 is 6.09 Å². The number of carbonyl (C=O) groups excluding carboxylic acids is 1. The molecule has 2 N–H and O–H groups in total. The predicted molar refractivity (Wildman–Crippen MR) is 52.1 cm³/mol. The van der Waals surface area contributed by atoms with Gasteiger partial charge in [0.2, 0.25) is 0 Å². The van der Waals surface area contributed by atoms with Gasteiger partial charge in [0.15, 0.2) is 0 Å². The van der Waals surface area contributed by atoms with E-state index in [0.717, 1.165) is 6.42 Å². The van der Waals surface area contributed by atoms with Crippen LogP contribution in [0.4, 0.5) is 4.79 Å². The van der Waals surface area contributed by atoms with Crippen LogP contribution >= 0.6 is 0 Å². The Kier molecular flexibility index (Phi) is 2.83. The van der Waals surface area contributed by atoms with E-state index in [0.29, 0.717) is 6.54 Å². The Balaban J connectivity index is 2.46. The third-order valence-electron chi connectivity index (χ3n) is 3.46. The van der Waals surface area contributed by atoms with Crippen LogP contribution in [0, 0.1) is 17.3 Å². The summed E-state index contributed by atoms with van der Waals surface area (Å²) in [7, 11) is 0. The average molecular weight is 199 g/mol. The molecule has 0 heterocycles. The summed E-state index contributed by atoms with van der Waals surface area (Å²) in [6.07, 6.45) is -0.185. The number of amides is 1. The molecule has 0 radical (unpaired) electrons. The van der Waals surface area contributed by atoms with Crippen molar-refractivity contribution in [3.8, 4) is 0 Å². The summed E-state index contributed by atoms with van der Waals surface area (Å²) in [5.74, 6) is 0.595. The van der Waals surface area contributed by atoms with Crippen molar-refractivity contribution in [2.75, 3.05) is 6.54 Å². The molecular formula is C10H17NO3. The van der Waals surface area contributed by atoms with Gasteiger partial charge in [0, 0.05) is 12.5 Å². The maximum Gasteiger partial charge on any atom is 0.404 e. The van der Waals surface area contributed by atoms with Crippen LogP contribution in [0.2, 0.25) is 0 Å². The molecule has 1 aliphatic rings. The lowest BCUT2D eigenvalue weighted by Crippen LogP contribution is -2.52. The van der Waals surface area contributed by atoms with E-state index in [9.17, 15) is 9.59 Å². The maximum atomic E-state index is 11.2. The lowest BCUT2D eigenvalue weighted by atomic mass is 9.53. The molecule has 1 fully saturated rings. The van der Waals surface area contributed by atoms with E-state index in [1.165, 1.54) is 0 Å². The molecule has 1 saturated carbocycles. The van der Waals surface area contributed by atoms with Gasteiger partial charge < -0.3 is 10.4 Å². The molecule has 0 bridgehead atoms. The van der Waals surface area contributed by atoms with Gasteiger partial charge in [-0.1, -0.05) is 13.8 Å². The molecule has 14 heavy (non-hydrogen) atoms. The van der Waals surface area contributed by atoms with Crippen LogP contribution in [-0.4, -0.2) is 23.5 Å². The highest BCUT2D eigenvalue weighted by molar-refractivity contribution is 5.80. The molecule has 0 aliphatic heterocycles. The van der Waals surface area contributed by atoms with Gasteiger partial charge in [0.05, 0.1) is 0 Å². The molecule has 1 aliphatic carbocycles. The summed E-state index contributed by atoms with van der Waals surface area (Å²) >= 11 is 0. The van der Waals surface area contributed by atoms with E-state index in [4.69, 9.17) is 5.11 Å². The summed E-state index contributed by atoms with van der Waals surface area (Å²) in [6.45, 7) is 6.10. The van der Waals surface area contributed by atoms with Gasteiger partial charge >= 0.3 is 6.09 Å². The number of hydrogen-bond acceptors (Lipinski definition) is 2. The SMILES string of the molecule is CC(=O)[C@H]1C[C@@H](CNC(=O)O)C1(C)C. The number of hydrogen-bond donors (Lipinski definition) is 2. The van der Waals surface area contributed by atoms with Crippen molar-refractivity contribution in [2.45, 2.75) is 27.2 Å². The van der Waals surface area contributed by atoms with Crippen LogP contribution in [-0.2, 0) is 4.79 Å². The van der Waals surface area contributed by atoms with Crippen molar-refractivity contribution in [1.82, 2.24) is 5.32 Å². The Bertz CT molecular complexity index is 258. The zero-order chi connectivity index (χ0) is 10.9. The molecule has 0 aromatic carbocycles. The monoisotopic (exact) mass is 199 g/mol. The molecule has 4 heteroatoms. The quantitative estimate of drug-likeness (QED) is 0.724. The summed E-state index contributed by atoms with van der Waals surface area (Å²) in [4.78, 5) is 21.5. The Morgan fingerprint density at radius 2 is 2.07 bits per heavy atom. The van der Waals surface area contributed by atoms with Crippen molar-refractivity contribution >= 4 is 11.9 Å². The summed E-state index contributed by atoms with van der Waals surface area (Å²) < 4.78 is 0. The van der Waals surface area contributed by atoms with E-state index in [1.54, 1.807) is 6.92 Å².